The summed E-state index contributed by atoms with van der Waals surface area (Å²) >= 11 is 0. The predicted molar refractivity (Wildman–Crippen MR) is 106 cm³/mol. The summed E-state index contributed by atoms with van der Waals surface area (Å²) in [6.45, 7) is 4.36. The van der Waals surface area contributed by atoms with E-state index in [2.05, 4.69) is 5.10 Å². The normalized spacial score (nSPS) is 27.4. The van der Waals surface area contributed by atoms with Crippen molar-refractivity contribution in [2.24, 2.45) is 0 Å². The summed E-state index contributed by atoms with van der Waals surface area (Å²) in [5, 5.41) is 4.33. The first-order chi connectivity index (χ1) is 14.1. The lowest BCUT2D eigenvalue weighted by molar-refractivity contribution is -0.144. The number of fused-ring (bicyclic) bond motifs is 2. The van der Waals surface area contributed by atoms with Gasteiger partial charge in [0, 0.05) is 45.0 Å². The monoisotopic (exact) mass is 404 g/mol. The van der Waals surface area contributed by atoms with Crippen molar-refractivity contribution in [1.82, 2.24) is 19.6 Å². The molecule has 4 rings (SSSR count). The Morgan fingerprint density at radius 2 is 1.79 bits per heavy atom. The third-order valence-electron chi connectivity index (χ3n) is 6.54. The number of methoxy groups -OCH3 is 1. The molecule has 0 saturated carbocycles. The van der Waals surface area contributed by atoms with Gasteiger partial charge in [0.15, 0.2) is 0 Å². The molecule has 0 radical (unpaired) electrons. The van der Waals surface area contributed by atoms with Crippen LogP contribution in [0.25, 0.3) is 0 Å². The SMILES string of the molecule is CCn1ccc(C(=O)N2CCC(OC3CC4CCC(C3)N4C(=O)COC)CC2)n1. The molecular weight excluding hydrogens is 372 g/mol. The molecule has 29 heavy (non-hydrogen) atoms. The molecule has 2 amide bonds. The molecular formula is C21H32N4O4. The Hall–Kier alpha value is -1.93. The van der Waals surface area contributed by atoms with Crippen LogP contribution in [-0.2, 0) is 20.8 Å². The Kier molecular flexibility index (Phi) is 6.20. The zero-order valence-electron chi connectivity index (χ0n) is 17.5. The molecule has 8 heteroatoms. The minimum Gasteiger partial charge on any atom is -0.375 e. The topological polar surface area (TPSA) is 76.9 Å². The Morgan fingerprint density at radius 1 is 1.10 bits per heavy atom. The molecule has 3 aliphatic rings. The zero-order valence-corrected chi connectivity index (χ0v) is 17.5. The first-order valence-corrected chi connectivity index (χ1v) is 10.9. The van der Waals surface area contributed by atoms with Crippen molar-refractivity contribution < 1.29 is 19.1 Å². The van der Waals surface area contributed by atoms with Crippen molar-refractivity contribution in [2.45, 2.75) is 76.3 Å². The number of rotatable bonds is 6. The highest BCUT2D eigenvalue weighted by Crippen LogP contribution is 2.38. The second-order valence-electron chi connectivity index (χ2n) is 8.40. The summed E-state index contributed by atoms with van der Waals surface area (Å²) < 4.78 is 13.2. The Bertz CT molecular complexity index is 714. The molecule has 1 aromatic rings. The van der Waals surface area contributed by atoms with Gasteiger partial charge in [0.2, 0.25) is 5.91 Å². The molecule has 0 aromatic carbocycles. The summed E-state index contributed by atoms with van der Waals surface area (Å²) in [6, 6.07) is 2.37. The third kappa shape index (κ3) is 4.33. The van der Waals surface area contributed by atoms with E-state index in [1.165, 1.54) is 0 Å². The van der Waals surface area contributed by atoms with E-state index in [0.717, 1.165) is 45.1 Å². The van der Waals surface area contributed by atoms with Gasteiger partial charge in [-0.25, -0.2) is 0 Å². The quantitative estimate of drug-likeness (QED) is 0.721. The fourth-order valence-corrected chi connectivity index (χ4v) is 5.12. The smallest absolute Gasteiger partial charge is 0.274 e. The maximum Gasteiger partial charge on any atom is 0.274 e. The number of carbonyl (C=O) groups is 2. The second-order valence-corrected chi connectivity index (χ2v) is 8.40. The molecule has 2 bridgehead atoms. The number of aromatic nitrogens is 2. The Labute approximate surface area is 172 Å². The second kappa shape index (κ2) is 8.83. The Balaban J connectivity index is 1.25. The molecule has 0 N–H and O–H groups in total. The van der Waals surface area contributed by atoms with Crippen molar-refractivity contribution in [2.75, 3.05) is 26.8 Å². The molecule has 3 fully saturated rings. The van der Waals surface area contributed by atoms with Crippen molar-refractivity contribution >= 4 is 11.8 Å². The van der Waals surface area contributed by atoms with Crippen LogP contribution in [0.15, 0.2) is 12.3 Å². The lowest BCUT2D eigenvalue weighted by atomic mass is 9.98. The average Bonchev–Trinajstić information content (AvgIpc) is 3.31. The highest BCUT2D eigenvalue weighted by atomic mass is 16.5. The van der Waals surface area contributed by atoms with E-state index in [-0.39, 0.29) is 42.7 Å². The van der Waals surface area contributed by atoms with Gasteiger partial charge >= 0.3 is 0 Å². The van der Waals surface area contributed by atoms with E-state index < -0.39 is 0 Å². The van der Waals surface area contributed by atoms with Gasteiger partial charge in [-0.1, -0.05) is 0 Å². The number of likely N-dealkylation sites (tertiary alicyclic amines) is 1. The fourth-order valence-electron chi connectivity index (χ4n) is 5.12. The number of hydrogen-bond acceptors (Lipinski definition) is 5. The van der Waals surface area contributed by atoms with E-state index >= 15 is 0 Å². The summed E-state index contributed by atoms with van der Waals surface area (Å²) in [5.41, 5.74) is 0.524. The molecule has 0 aliphatic carbocycles. The number of amides is 2. The molecule has 3 saturated heterocycles. The first kappa shape index (κ1) is 20.3. The molecule has 1 aromatic heterocycles. The Morgan fingerprint density at radius 3 is 2.38 bits per heavy atom. The molecule has 2 unspecified atom stereocenters. The lowest BCUT2D eigenvalue weighted by Crippen LogP contribution is -2.51. The van der Waals surface area contributed by atoms with Crippen LogP contribution >= 0.6 is 0 Å². The van der Waals surface area contributed by atoms with Crippen molar-refractivity contribution in [3.8, 4) is 0 Å². The molecule has 3 aliphatic heterocycles. The number of nitrogens with zero attached hydrogens (tertiary/aromatic N) is 4. The number of hydrogen-bond donors (Lipinski definition) is 0. The van der Waals surface area contributed by atoms with Crippen molar-refractivity contribution in [3.05, 3.63) is 18.0 Å². The van der Waals surface area contributed by atoms with Gasteiger partial charge in [0.25, 0.3) is 5.91 Å². The molecule has 160 valence electrons. The van der Waals surface area contributed by atoms with Crippen LogP contribution in [0.2, 0.25) is 0 Å². The minimum absolute atomic E-state index is 0.0126. The van der Waals surface area contributed by atoms with E-state index in [0.29, 0.717) is 18.8 Å². The minimum atomic E-state index is 0.0126. The van der Waals surface area contributed by atoms with E-state index in [1.807, 2.05) is 22.9 Å². The summed E-state index contributed by atoms with van der Waals surface area (Å²) in [6.07, 6.45) is 7.94. The summed E-state index contributed by atoms with van der Waals surface area (Å²) in [4.78, 5) is 28.9. The highest BCUT2D eigenvalue weighted by molar-refractivity contribution is 5.92. The largest absolute Gasteiger partial charge is 0.375 e. The molecule has 8 nitrogen and oxygen atoms in total. The van der Waals surface area contributed by atoms with Crippen LogP contribution in [0.4, 0.5) is 0 Å². The van der Waals surface area contributed by atoms with Crippen LogP contribution in [0.5, 0.6) is 0 Å². The third-order valence-corrected chi connectivity index (χ3v) is 6.54. The van der Waals surface area contributed by atoms with Gasteiger partial charge in [-0.15, -0.1) is 0 Å². The molecule has 2 atom stereocenters. The molecule has 4 heterocycles. The molecule has 0 spiro atoms. The van der Waals surface area contributed by atoms with Gasteiger partial charge in [0.05, 0.1) is 12.2 Å². The summed E-state index contributed by atoms with van der Waals surface area (Å²) in [5.74, 6) is 0.120. The zero-order chi connectivity index (χ0) is 20.4. The van der Waals surface area contributed by atoms with Crippen LogP contribution in [0.1, 0.15) is 55.9 Å². The van der Waals surface area contributed by atoms with Gasteiger partial charge < -0.3 is 19.3 Å². The van der Waals surface area contributed by atoms with E-state index in [9.17, 15) is 9.59 Å². The van der Waals surface area contributed by atoms with E-state index in [4.69, 9.17) is 9.47 Å². The average molecular weight is 405 g/mol. The van der Waals surface area contributed by atoms with Gasteiger partial charge in [-0.2, -0.15) is 5.10 Å². The first-order valence-electron chi connectivity index (χ1n) is 10.9. The predicted octanol–water partition coefficient (Wildman–Crippen LogP) is 1.69. The number of carbonyl (C=O) groups excluding carboxylic acids is 2. The maximum absolute atomic E-state index is 12.6. The van der Waals surface area contributed by atoms with Crippen LogP contribution < -0.4 is 0 Å². The van der Waals surface area contributed by atoms with Gasteiger partial charge in [0.1, 0.15) is 12.3 Å². The maximum atomic E-state index is 12.6. The van der Waals surface area contributed by atoms with Gasteiger partial charge in [-0.3, -0.25) is 14.3 Å². The van der Waals surface area contributed by atoms with Gasteiger partial charge in [-0.05, 0) is 51.5 Å². The van der Waals surface area contributed by atoms with Crippen LogP contribution in [0, 0.1) is 0 Å². The lowest BCUT2D eigenvalue weighted by Gasteiger charge is -2.41. The summed E-state index contributed by atoms with van der Waals surface area (Å²) in [7, 11) is 1.57. The highest BCUT2D eigenvalue weighted by Gasteiger charge is 2.44. The van der Waals surface area contributed by atoms with Crippen molar-refractivity contribution in [3.63, 3.8) is 0 Å². The van der Waals surface area contributed by atoms with E-state index in [1.54, 1.807) is 17.9 Å². The standard InChI is InChI=1S/C21H32N4O4/c1-3-24-11-8-19(22-24)21(27)23-9-6-17(7-10-23)29-18-12-15-4-5-16(13-18)25(15)20(26)14-28-2/h8,11,15-18H,3-7,9-10,12-14H2,1-2H3. The van der Waals surface area contributed by atoms with Crippen LogP contribution in [-0.4, -0.2) is 82.5 Å². The number of ether oxygens (including phenoxy) is 2. The van der Waals surface area contributed by atoms with Crippen LogP contribution in [0.3, 0.4) is 0 Å². The van der Waals surface area contributed by atoms with Crippen molar-refractivity contribution in [1.29, 1.82) is 0 Å². The fraction of sp³-hybridized carbons (Fsp3) is 0.762. The number of piperidine rings is 2. The number of aryl methyl sites for hydroxylation is 1.